The van der Waals surface area contributed by atoms with E-state index in [0.717, 1.165) is 18.4 Å². The third kappa shape index (κ3) is 3.59. The molecule has 0 saturated carbocycles. The van der Waals surface area contributed by atoms with E-state index in [2.05, 4.69) is 0 Å². The van der Waals surface area contributed by atoms with Crippen LogP contribution < -0.4 is 0 Å². The SMILES string of the molecule is C/C1=C/C(=O)OC[C@](C)(O)CCC1. The van der Waals surface area contributed by atoms with Crippen molar-refractivity contribution in [3.05, 3.63) is 11.6 Å². The van der Waals surface area contributed by atoms with E-state index in [1.165, 1.54) is 6.08 Å². The molecule has 0 aromatic heterocycles. The van der Waals surface area contributed by atoms with E-state index in [4.69, 9.17) is 4.74 Å². The monoisotopic (exact) mass is 184 g/mol. The van der Waals surface area contributed by atoms with Crippen LogP contribution in [0.15, 0.2) is 11.6 Å². The third-order valence-electron chi connectivity index (χ3n) is 2.18. The summed E-state index contributed by atoms with van der Waals surface area (Å²) in [7, 11) is 0. The summed E-state index contributed by atoms with van der Waals surface area (Å²) in [5, 5.41) is 9.71. The number of hydrogen-bond acceptors (Lipinski definition) is 3. The molecule has 3 heteroatoms. The Hall–Kier alpha value is -0.830. The number of ether oxygens (including phenoxy) is 1. The molecule has 3 nitrogen and oxygen atoms in total. The minimum absolute atomic E-state index is 0.0929. The molecule has 0 radical (unpaired) electrons. The van der Waals surface area contributed by atoms with Crippen LogP contribution in [0.3, 0.4) is 0 Å². The molecule has 0 aromatic rings. The Bertz CT molecular complexity index is 228. The van der Waals surface area contributed by atoms with E-state index >= 15 is 0 Å². The summed E-state index contributed by atoms with van der Waals surface area (Å²) in [6, 6.07) is 0. The Balaban J connectivity index is 2.64. The van der Waals surface area contributed by atoms with Crippen molar-refractivity contribution in [3.8, 4) is 0 Å². The van der Waals surface area contributed by atoms with Crippen LogP contribution in [-0.2, 0) is 9.53 Å². The van der Waals surface area contributed by atoms with Crippen LogP contribution in [0.5, 0.6) is 0 Å². The molecule has 1 rings (SSSR count). The van der Waals surface area contributed by atoms with Crippen molar-refractivity contribution in [2.24, 2.45) is 0 Å². The lowest BCUT2D eigenvalue weighted by molar-refractivity contribution is -0.144. The van der Waals surface area contributed by atoms with Crippen molar-refractivity contribution >= 4 is 5.97 Å². The lowest BCUT2D eigenvalue weighted by atomic mass is 9.99. The van der Waals surface area contributed by atoms with E-state index in [9.17, 15) is 9.90 Å². The zero-order valence-electron chi connectivity index (χ0n) is 8.17. The Morgan fingerprint density at radius 3 is 3.00 bits per heavy atom. The molecule has 0 unspecified atom stereocenters. The fraction of sp³-hybridized carbons (Fsp3) is 0.700. The molecule has 0 aromatic carbocycles. The van der Waals surface area contributed by atoms with Crippen molar-refractivity contribution in [1.29, 1.82) is 0 Å². The van der Waals surface area contributed by atoms with Crippen molar-refractivity contribution in [3.63, 3.8) is 0 Å². The summed E-state index contributed by atoms with van der Waals surface area (Å²) in [6.07, 6.45) is 3.92. The smallest absolute Gasteiger partial charge is 0.330 e. The maximum Gasteiger partial charge on any atom is 0.330 e. The number of hydrogen-bond donors (Lipinski definition) is 1. The van der Waals surface area contributed by atoms with Gasteiger partial charge >= 0.3 is 5.97 Å². The van der Waals surface area contributed by atoms with Crippen LogP contribution in [0.4, 0.5) is 0 Å². The molecule has 13 heavy (non-hydrogen) atoms. The first kappa shape index (κ1) is 10.3. The van der Waals surface area contributed by atoms with Crippen LogP contribution in [0.2, 0.25) is 0 Å². The van der Waals surface area contributed by atoms with E-state index < -0.39 is 5.60 Å². The van der Waals surface area contributed by atoms with Gasteiger partial charge < -0.3 is 9.84 Å². The first-order chi connectivity index (χ1) is 5.99. The van der Waals surface area contributed by atoms with Crippen molar-refractivity contribution < 1.29 is 14.6 Å². The van der Waals surface area contributed by atoms with Gasteiger partial charge in [-0.2, -0.15) is 0 Å². The first-order valence-corrected chi connectivity index (χ1v) is 4.56. The molecule has 1 heterocycles. The summed E-state index contributed by atoms with van der Waals surface area (Å²) >= 11 is 0. The van der Waals surface area contributed by atoms with Crippen LogP contribution in [-0.4, -0.2) is 23.3 Å². The summed E-state index contributed by atoms with van der Waals surface area (Å²) in [5.41, 5.74) is 0.149. The number of esters is 1. The molecule has 1 aliphatic heterocycles. The largest absolute Gasteiger partial charge is 0.459 e. The van der Waals surface area contributed by atoms with Crippen LogP contribution >= 0.6 is 0 Å². The number of carbonyl (C=O) groups is 1. The van der Waals surface area contributed by atoms with Gasteiger partial charge in [0.1, 0.15) is 6.61 Å². The molecule has 1 aliphatic rings. The normalized spacial score (nSPS) is 35.0. The molecular weight excluding hydrogens is 168 g/mol. The number of aliphatic hydroxyl groups is 1. The van der Waals surface area contributed by atoms with Gasteiger partial charge in [0.15, 0.2) is 0 Å². The summed E-state index contributed by atoms with van der Waals surface area (Å²) in [5.74, 6) is -0.348. The van der Waals surface area contributed by atoms with E-state index in [-0.39, 0.29) is 12.6 Å². The molecule has 0 spiro atoms. The predicted octanol–water partition coefficient (Wildman–Crippen LogP) is 1.41. The Labute approximate surface area is 78.4 Å². The third-order valence-corrected chi connectivity index (χ3v) is 2.18. The maximum absolute atomic E-state index is 11.1. The molecular formula is C10H16O3. The highest BCUT2D eigenvalue weighted by Crippen LogP contribution is 2.18. The minimum Gasteiger partial charge on any atom is -0.459 e. The fourth-order valence-electron chi connectivity index (χ4n) is 1.36. The second kappa shape index (κ2) is 3.92. The molecule has 1 atom stereocenters. The van der Waals surface area contributed by atoms with Gasteiger partial charge in [-0.25, -0.2) is 4.79 Å². The van der Waals surface area contributed by atoms with E-state index in [1.807, 2.05) is 6.92 Å². The van der Waals surface area contributed by atoms with Gasteiger partial charge in [-0.05, 0) is 33.1 Å². The Morgan fingerprint density at radius 1 is 1.62 bits per heavy atom. The molecule has 0 aliphatic carbocycles. The number of carbonyl (C=O) groups excluding carboxylic acids is 1. The van der Waals surface area contributed by atoms with Gasteiger partial charge in [-0.15, -0.1) is 0 Å². The van der Waals surface area contributed by atoms with Crippen LogP contribution in [0, 0.1) is 0 Å². The topological polar surface area (TPSA) is 46.5 Å². The van der Waals surface area contributed by atoms with E-state index in [0.29, 0.717) is 6.42 Å². The number of rotatable bonds is 0. The summed E-state index contributed by atoms with van der Waals surface area (Å²) < 4.78 is 4.88. The van der Waals surface area contributed by atoms with Crippen LogP contribution in [0.1, 0.15) is 33.1 Å². The lowest BCUT2D eigenvalue weighted by Gasteiger charge is -2.21. The average molecular weight is 184 g/mol. The van der Waals surface area contributed by atoms with E-state index in [1.54, 1.807) is 6.92 Å². The second-order valence-corrected chi connectivity index (χ2v) is 3.95. The van der Waals surface area contributed by atoms with Gasteiger partial charge in [0.25, 0.3) is 0 Å². The number of cyclic esters (lactones) is 1. The zero-order valence-corrected chi connectivity index (χ0v) is 8.17. The minimum atomic E-state index is -0.867. The van der Waals surface area contributed by atoms with Crippen molar-refractivity contribution in [2.75, 3.05) is 6.61 Å². The highest BCUT2D eigenvalue weighted by molar-refractivity contribution is 5.82. The highest BCUT2D eigenvalue weighted by atomic mass is 16.5. The molecule has 0 amide bonds. The molecule has 0 bridgehead atoms. The Kier molecular flexibility index (Phi) is 3.09. The second-order valence-electron chi connectivity index (χ2n) is 3.95. The summed E-state index contributed by atoms with van der Waals surface area (Å²) in [4.78, 5) is 11.1. The quantitative estimate of drug-likeness (QED) is 0.579. The van der Waals surface area contributed by atoms with Gasteiger partial charge in [-0.3, -0.25) is 0 Å². The van der Waals surface area contributed by atoms with Gasteiger partial charge in [0, 0.05) is 6.08 Å². The van der Waals surface area contributed by atoms with Gasteiger partial charge in [0.05, 0.1) is 5.60 Å². The zero-order chi connectivity index (χ0) is 9.90. The Morgan fingerprint density at radius 2 is 2.31 bits per heavy atom. The molecule has 1 N–H and O–H groups in total. The number of allylic oxidation sites excluding steroid dienone is 1. The molecule has 74 valence electrons. The predicted molar refractivity (Wildman–Crippen MR) is 49.2 cm³/mol. The van der Waals surface area contributed by atoms with Crippen molar-refractivity contribution in [2.45, 2.75) is 38.7 Å². The fourth-order valence-corrected chi connectivity index (χ4v) is 1.36. The lowest BCUT2D eigenvalue weighted by Crippen LogP contribution is -2.31. The molecule has 0 saturated heterocycles. The summed E-state index contributed by atoms with van der Waals surface area (Å²) in [6.45, 7) is 3.69. The first-order valence-electron chi connectivity index (χ1n) is 4.56. The maximum atomic E-state index is 11.1. The van der Waals surface area contributed by atoms with Gasteiger partial charge in [0.2, 0.25) is 0 Å². The molecule has 0 fully saturated rings. The van der Waals surface area contributed by atoms with Gasteiger partial charge in [-0.1, -0.05) is 5.57 Å². The van der Waals surface area contributed by atoms with Crippen molar-refractivity contribution in [1.82, 2.24) is 0 Å². The average Bonchev–Trinajstić information content (AvgIpc) is 2.04. The van der Waals surface area contributed by atoms with Crippen LogP contribution in [0.25, 0.3) is 0 Å². The standard InChI is InChI=1S/C10H16O3/c1-8-4-3-5-10(2,12)7-13-9(11)6-8/h6,12H,3-5,7H2,1-2H3/b8-6-/t10-/m1/s1. The highest BCUT2D eigenvalue weighted by Gasteiger charge is 2.22.